The normalized spacial score (nSPS) is 14.6. The van der Waals surface area contributed by atoms with Crippen molar-refractivity contribution in [2.45, 2.75) is 44.6 Å². The molecule has 7 heteroatoms. The molecule has 1 atom stereocenters. The molecule has 0 bridgehead atoms. The second-order valence-electron chi connectivity index (χ2n) is 5.88. The summed E-state index contributed by atoms with van der Waals surface area (Å²) >= 11 is 0. The molecule has 1 rings (SSSR count). The van der Waals surface area contributed by atoms with Crippen molar-refractivity contribution in [3.8, 4) is 0 Å². The van der Waals surface area contributed by atoms with Gasteiger partial charge in [0, 0.05) is 12.1 Å². The van der Waals surface area contributed by atoms with Crippen molar-refractivity contribution in [1.29, 1.82) is 0 Å². The smallest absolute Gasteiger partial charge is 0.241 e. The van der Waals surface area contributed by atoms with Crippen LogP contribution in [0.3, 0.4) is 0 Å². The molecule has 0 aliphatic heterocycles. The Bertz CT molecular complexity index is 578. The third kappa shape index (κ3) is 5.54. The molecule has 0 spiro atoms. The number of aryl methyl sites for hydroxylation is 1. The predicted octanol–water partition coefficient (Wildman–Crippen LogP) is 2.60. The number of nitrogens with one attached hydrogen (secondary N) is 1. The lowest BCUT2D eigenvalue weighted by Crippen LogP contribution is -2.51. The summed E-state index contributed by atoms with van der Waals surface area (Å²) in [6, 6.07) is 3.74. The number of halogens is 2. The number of sulfonamides is 1. The van der Waals surface area contributed by atoms with Gasteiger partial charge < -0.3 is 5.73 Å². The van der Waals surface area contributed by atoms with E-state index in [4.69, 9.17) is 5.73 Å². The first-order valence-electron chi connectivity index (χ1n) is 6.60. The van der Waals surface area contributed by atoms with Gasteiger partial charge in [-0.25, -0.2) is 17.5 Å². The molecule has 0 saturated carbocycles. The van der Waals surface area contributed by atoms with Crippen molar-refractivity contribution >= 4 is 22.4 Å². The quantitative estimate of drug-likeness (QED) is 0.837. The zero-order valence-electron chi connectivity index (χ0n) is 12.8. The lowest BCUT2D eigenvalue weighted by Gasteiger charge is -2.30. The Balaban J connectivity index is 0.00000400. The fourth-order valence-corrected chi connectivity index (χ4v) is 3.75. The fourth-order valence-electron chi connectivity index (χ4n) is 2.24. The Kier molecular flexibility index (Phi) is 7.29. The van der Waals surface area contributed by atoms with E-state index in [0.29, 0.717) is 17.9 Å². The molecule has 1 aromatic carbocycles. The minimum Gasteiger partial charge on any atom is -0.329 e. The van der Waals surface area contributed by atoms with E-state index in [0.717, 1.165) is 6.07 Å². The minimum absolute atomic E-state index is 0. The van der Waals surface area contributed by atoms with Crippen LogP contribution in [0.15, 0.2) is 23.1 Å². The van der Waals surface area contributed by atoms with Crippen LogP contribution in [-0.4, -0.2) is 20.5 Å². The van der Waals surface area contributed by atoms with Gasteiger partial charge in [-0.3, -0.25) is 0 Å². The molecular weight excluding hydrogens is 315 g/mol. The Morgan fingerprint density at radius 3 is 2.38 bits per heavy atom. The summed E-state index contributed by atoms with van der Waals surface area (Å²) in [5.74, 6) is -0.117. The molecule has 0 amide bonds. The van der Waals surface area contributed by atoms with E-state index in [1.54, 1.807) is 6.92 Å². The number of benzene rings is 1. The van der Waals surface area contributed by atoms with Crippen molar-refractivity contribution in [2.24, 2.45) is 11.7 Å². The van der Waals surface area contributed by atoms with Gasteiger partial charge in [0.05, 0.1) is 4.90 Å². The summed E-state index contributed by atoms with van der Waals surface area (Å²) in [4.78, 5) is 0.0554. The van der Waals surface area contributed by atoms with Crippen LogP contribution < -0.4 is 10.5 Å². The molecule has 0 aromatic heterocycles. The highest BCUT2D eigenvalue weighted by Gasteiger charge is 2.30. The van der Waals surface area contributed by atoms with Gasteiger partial charge in [-0.2, -0.15) is 0 Å². The Morgan fingerprint density at radius 1 is 1.38 bits per heavy atom. The average molecular weight is 339 g/mol. The SMILES string of the molecule is Cc1cc(S(=O)(=O)NC(C)(CN)CC(C)C)ccc1F.Cl. The van der Waals surface area contributed by atoms with Gasteiger partial charge in [0.1, 0.15) is 5.82 Å². The second kappa shape index (κ2) is 7.54. The Labute approximate surface area is 132 Å². The van der Waals surface area contributed by atoms with Crippen LogP contribution in [0, 0.1) is 18.7 Å². The molecule has 4 nitrogen and oxygen atoms in total. The summed E-state index contributed by atoms with van der Waals surface area (Å²) in [5.41, 5.74) is 5.29. The first-order chi connectivity index (χ1) is 9.09. The van der Waals surface area contributed by atoms with Crippen LogP contribution in [0.5, 0.6) is 0 Å². The Hall–Kier alpha value is -0.690. The summed E-state index contributed by atoms with van der Waals surface area (Å²) < 4.78 is 40.6. The predicted molar refractivity (Wildman–Crippen MR) is 85.6 cm³/mol. The topological polar surface area (TPSA) is 72.2 Å². The molecule has 21 heavy (non-hydrogen) atoms. The van der Waals surface area contributed by atoms with Crippen LogP contribution in [-0.2, 0) is 10.0 Å². The minimum atomic E-state index is -3.71. The standard InChI is InChI=1S/C14H23FN2O2S.ClH/c1-10(2)8-14(4,9-16)17-20(18,19)12-5-6-13(15)11(3)7-12;/h5-7,10,17H,8-9,16H2,1-4H3;1H. The van der Waals surface area contributed by atoms with E-state index in [1.807, 2.05) is 13.8 Å². The zero-order valence-corrected chi connectivity index (χ0v) is 14.4. The van der Waals surface area contributed by atoms with Crippen molar-refractivity contribution in [3.63, 3.8) is 0 Å². The van der Waals surface area contributed by atoms with Crippen molar-refractivity contribution in [3.05, 3.63) is 29.6 Å². The van der Waals surface area contributed by atoms with Crippen molar-refractivity contribution in [2.75, 3.05) is 6.54 Å². The average Bonchev–Trinajstić information content (AvgIpc) is 2.30. The van der Waals surface area contributed by atoms with E-state index in [-0.39, 0.29) is 23.8 Å². The van der Waals surface area contributed by atoms with Crippen LogP contribution >= 0.6 is 12.4 Å². The van der Waals surface area contributed by atoms with Gasteiger partial charge >= 0.3 is 0 Å². The molecule has 3 N–H and O–H groups in total. The van der Waals surface area contributed by atoms with E-state index in [2.05, 4.69) is 4.72 Å². The molecule has 0 heterocycles. The van der Waals surface area contributed by atoms with E-state index >= 15 is 0 Å². The van der Waals surface area contributed by atoms with Crippen molar-refractivity contribution < 1.29 is 12.8 Å². The highest BCUT2D eigenvalue weighted by molar-refractivity contribution is 7.89. The molecule has 1 aromatic rings. The first-order valence-corrected chi connectivity index (χ1v) is 8.08. The third-order valence-electron chi connectivity index (χ3n) is 3.13. The van der Waals surface area contributed by atoms with Gasteiger partial charge in [0.2, 0.25) is 10.0 Å². The van der Waals surface area contributed by atoms with Crippen LogP contribution in [0.2, 0.25) is 0 Å². The largest absolute Gasteiger partial charge is 0.329 e. The van der Waals surface area contributed by atoms with Gasteiger partial charge in [-0.1, -0.05) is 13.8 Å². The molecule has 0 aliphatic carbocycles. The van der Waals surface area contributed by atoms with E-state index < -0.39 is 21.4 Å². The number of nitrogens with two attached hydrogens (primary N) is 1. The summed E-state index contributed by atoms with van der Waals surface area (Å²) in [6.07, 6.45) is 0.628. The van der Waals surface area contributed by atoms with Gasteiger partial charge in [0.15, 0.2) is 0 Å². The van der Waals surface area contributed by atoms with Crippen LogP contribution in [0.1, 0.15) is 32.8 Å². The number of hydrogen-bond donors (Lipinski definition) is 2. The van der Waals surface area contributed by atoms with Gasteiger partial charge in [-0.05, 0) is 49.9 Å². The second-order valence-corrected chi connectivity index (χ2v) is 7.56. The van der Waals surface area contributed by atoms with E-state index in [1.165, 1.54) is 19.1 Å². The van der Waals surface area contributed by atoms with E-state index in [9.17, 15) is 12.8 Å². The van der Waals surface area contributed by atoms with Crippen LogP contribution in [0.25, 0.3) is 0 Å². The highest BCUT2D eigenvalue weighted by atomic mass is 35.5. The number of rotatable bonds is 6. The molecule has 0 saturated heterocycles. The summed E-state index contributed by atoms with van der Waals surface area (Å²) in [6.45, 7) is 7.52. The maximum Gasteiger partial charge on any atom is 0.241 e. The molecular formula is C14H24ClFN2O2S. The summed E-state index contributed by atoms with van der Waals surface area (Å²) in [7, 11) is -3.71. The van der Waals surface area contributed by atoms with Crippen LogP contribution in [0.4, 0.5) is 4.39 Å². The monoisotopic (exact) mass is 338 g/mol. The molecule has 0 fully saturated rings. The lowest BCUT2D eigenvalue weighted by atomic mass is 9.92. The maximum atomic E-state index is 13.2. The summed E-state index contributed by atoms with van der Waals surface area (Å²) in [5, 5.41) is 0. The first kappa shape index (κ1) is 20.3. The fraction of sp³-hybridized carbons (Fsp3) is 0.571. The lowest BCUT2D eigenvalue weighted by molar-refractivity contribution is 0.344. The number of hydrogen-bond acceptors (Lipinski definition) is 3. The van der Waals surface area contributed by atoms with Gasteiger partial charge in [-0.15, -0.1) is 12.4 Å². The zero-order chi connectivity index (χ0) is 15.6. The van der Waals surface area contributed by atoms with Gasteiger partial charge in [0.25, 0.3) is 0 Å². The third-order valence-corrected chi connectivity index (χ3v) is 4.77. The molecule has 0 aliphatic rings. The van der Waals surface area contributed by atoms with Crippen molar-refractivity contribution in [1.82, 2.24) is 4.72 Å². The molecule has 122 valence electrons. The maximum absolute atomic E-state index is 13.2. The Morgan fingerprint density at radius 2 is 1.95 bits per heavy atom. The molecule has 0 radical (unpaired) electrons. The highest BCUT2D eigenvalue weighted by Crippen LogP contribution is 2.20. The molecule has 1 unspecified atom stereocenters.